The summed E-state index contributed by atoms with van der Waals surface area (Å²) in [7, 11) is 0. The molecule has 0 aromatic heterocycles. The molecule has 1 saturated heterocycles. The fraction of sp³-hybridized carbons (Fsp3) is 0.833. The summed E-state index contributed by atoms with van der Waals surface area (Å²) in [6.45, 7) is 9.09. The maximum atomic E-state index is 12.1. The largest absolute Gasteiger partial charge is 0.353 e. The molecule has 2 unspecified atom stereocenters. The highest BCUT2D eigenvalue weighted by Crippen LogP contribution is 2.18. The summed E-state index contributed by atoms with van der Waals surface area (Å²) in [6.07, 6.45) is 0.821. The van der Waals surface area contributed by atoms with Crippen LogP contribution in [0.15, 0.2) is 0 Å². The van der Waals surface area contributed by atoms with Gasteiger partial charge in [0, 0.05) is 19.0 Å². The van der Waals surface area contributed by atoms with E-state index in [2.05, 4.69) is 5.32 Å². The molecule has 16 heavy (non-hydrogen) atoms. The van der Waals surface area contributed by atoms with Gasteiger partial charge in [-0.05, 0) is 12.3 Å². The molecule has 4 nitrogen and oxygen atoms in total. The number of nitrogens with one attached hydrogen (secondary N) is 1. The van der Waals surface area contributed by atoms with Gasteiger partial charge in [-0.2, -0.15) is 0 Å². The molecule has 0 saturated carbocycles. The maximum Gasteiger partial charge on any atom is 0.243 e. The Balaban J connectivity index is 2.83. The maximum absolute atomic E-state index is 12.1. The molecule has 1 heterocycles. The molecule has 0 aliphatic carbocycles. The van der Waals surface area contributed by atoms with Gasteiger partial charge in [-0.15, -0.1) is 0 Å². The number of nitrogens with zero attached hydrogens (tertiary/aromatic N) is 1. The molecule has 1 aliphatic heterocycles. The quantitative estimate of drug-likeness (QED) is 0.781. The molecule has 92 valence electrons. The van der Waals surface area contributed by atoms with Gasteiger partial charge in [0.15, 0.2) is 0 Å². The summed E-state index contributed by atoms with van der Waals surface area (Å²) in [5, 5.41) is 2.82. The van der Waals surface area contributed by atoms with E-state index >= 15 is 0 Å². The van der Waals surface area contributed by atoms with Crippen molar-refractivity contribution in [3.63, 3.8) is 0 Å². The monoisotopic (exact) mass is 226 g/mol. The summed E-state index contributed by atoms with van der Waals surface area (Å²) >= 11 is 0. The van der Waals surface area contributed by atoms with Crippen LogP contribution in [0, 0.1) is 11.8 Å². The average molecular weight is 226 g/mol. The highest BCUT2D eigenvalue weighted by Gasteiger charge is 2.36. The van der Waals surface area contributed by atoms with E-state index in [4.69, 9.17) is 0 Å². The first-order valence-electron chi connectivity index (χ1n) is 6.07. The summed E-state index contributed by atoms with van der Waals surface area (Å²) in [4.78, 5) is 25.6. The Morgan fingerprint density at radius 2 is 2.12 bits per heavy atom. The number of amides is 2. The number of hydrogen-bond donors (Lipinski definition) is 1. The normalized spacial score (nSPS) is 23.2. The van der Waals surface area contributed by atoms with E-state index in [-0.39, 0.29) is 29.7 Å². The minimum Gasteiger partial charge on any atom is -0.353 e. The molecule has 0 aromatic carbocycles. The van der Waals surface area contributed by atoms with Crippen LogP contribution in [-0.2, 0) is 9.59 Å². The predicted molar refractivity (Wildman–Crippen MR) is 62.8 cm³/mol. The number of rotatable bonds is 3. The van der Waals surface area contributed by atoms with Crippen molar-refractivity contribution in [2.75, 3.05) is 13.1 Å². The van der Waals surface area contributed by atoms with Crippen LogP contribution in [0.5, 0.6) is 0 Å². The first kappa shape index (κ1) is 13.0. The van der Waals surface area contributed by atoms with E-state index in [1.54, 1.807) is 4.90 Å². The summed E-state index contributed by atoms with van der Waals surface area (Å²) in [5.41, 5.74) is 0. The van der Waals surface area contributed by atoms with Crippen molar-refractivity contribution < 1.29 is 9.59 Å². The number of carbonyl (C=O) groups excluding carboxylic acids is 2. The topological polar surface area (TPSA) is 49.4 Å². The third-order valence-electron chi connectivity index (χ3n) is 3.20. The molecule has 2 amide bonds. The average Bonchev–Trinajstić information content (AvgIpc) is 2.26. The predicted octanol–water partition coefficient (Wildman–Crippen LogP) is 1.02. The van der Waals surface area contributed by atoms with Crippen LogP contribution in [0.1, 0.15) is 34.1 Å². The van der Waals surface area contributed by atoms with E-state index in [0.717, 1.165) is 6.42 Å². The molecular weight excluding hydrogens is 204 g/mol. The van der Waals surface area contributed by atoms with Crippen molar-refractivity contribution in [2.24, 2.45) is 11.8 Å². The second-order valence-corrected chi connectivity index (χ2v) is 4.82. The fourth-order valence-corrected chi connectivity index (χ4v) is 2.05. The molecule has 1 aliphatic rings. The summed E-state index contributed by atoms with van der Waals surface area (Å²) in [6, 6.07) is -0.296. The summed E-state index contributed by atoms with van der Waals surface area (Å²) in [5.74, 6) is 0.259. The number of hydrogen-bond acceptors (Lipinski definition) is 2. The molecule has 4 heteroatoms. The van der Waals surface area contributed by atoms with Crippen molar-refractivity contribution in [3.8, 4) is 0 Å². The lowest BCUT2D eigenvalue weighted by Crippen LogP contribution is -2.60. The lowest BCUT2D eigenvalue weighted by Gasteiger charge is -2.38. The van der Waals surface area contributed by atoms with Crippen molar-refractivity contribution in [1.29, 1.82) is 0 Å². The Morgan fingerprint density at radius 1 is 1.50 bits per heavy atom. The Kier molecular flexibility index (Phi) is 4.33. The van der Waals surface area contributed by atoms with Gasteiger partial charge in [0.25, 0.3) is 0 Å². The van der Waals surface area contributed by atoms with E-state index in [1.165, 1.54) is 0 Å². The Labute approximate surface area is 97.4 Å². The highest BCUT2D eigenvalue weighted by atomic mass is 16.2. The van der Waals surface area contributed by atoms with Crippen LogP contribution >= 0.6 is 0 Å². The van der Waals surface area contributed by atoms with Crippen LogP contribution in [0.25, 0.3) is 0 Å². The van der Waals surface area contributed by atoms with Crippen molar-refractivity contribution in [1.82, 2.24) is 10.2 Å². The summed E-state index contributed by atoms with van der Waals surface area (Å²) < 4.78 is 0. The molecule has 1 rings (SSSR count). The zero-order valence-electron chi connectivity index (χ0n) is 10.6. The van der Waals surface area contributed by atoms with Crippen LogP contribution in [0.3, 0.4) is 0 Å². The zero-order valence-corrected chi connectivity index (χ0v) is 10.6. The van der Waals surface area contributed by atoms with Crippen LogP contribution < -0.4 is 5.32 Å². The molecule has 1 fully saturated rings. The van der Waals surface area contributed by atoms with Gasteiger partial charge in [0.1, 0.15) is 6.04 Å². The first-order chi connectivity index (χ1) is 7.49. The Bertz CT molecular complexity index is 276. The van der Waals surface area contributed by atoms with Crippen LogP contribution in [0.4, 0.5) is 0 Å². The van der Waals surface area contributed by atoms with Crippen LogP contribution in [-0.4, -0.2) is 35.8 Å². The Morgan fingerprint density at radius 3 is 2.62 bits per heavy atom. The van der Waals surface area contributed by atoms with E-state index in [0.29, 0.717) is 13.1 Å². The minimum atomic E-state index is -0.296. The second kappa shape index (κ2) is 5.32. The molecule has 0 aromatic rings. The molecule has 0 radical (unpaired) electrons. The van der Waals surface area contributed by atoms with Gasteiger partial charge in [0.2, 0.25) is 11.8 Å². The first-order valence-corrected chi connectivity index (χ1v) is 6.07. The molecule has 0 bridgehead atoms. The standard InChI is InChI=1S/C12H22N2O2/c1-5-9(4)12(16)14-7-6-13-11(15)10(14)8(2)3/h8-10H,5-7H2,1-4H3,(H,13,15). The van der Waals surface area contributed by atoms with Crippen molar-refractivity contribution in [2.45, 2.75) is 40.2 Å². The second-order valence-electron chi connectivity index (χ2n) is 4.82. The van der Waals surface area contributed by atoms with E-state index < -0.39 is 0 Å². The van der Waals surface area contributed by atoms with Crippen LogP contribution in [0.2, 0.25) is 0 Å². The lowest BCUT2D eigenvalue weighted by molar-refractivity contribution is -0.147. The lowest BCUT2D eigenvalue weighted by atomic mass is 9.97. The Hall–Kier alpha value is -1.06. The molecule has 1 N–H and O–H groups in total. The number of piperazine rings is 1. The minimum absolute atomic E-state index is 0.00662. The van der Waals surface area contributed by atoms with E-state index in [1.807, 2.05) is 27.7 Å². The van der Waals surface area contributed by atoms with Gasteiger partial charge >= 0.3 is 0 Å². The van der Waals surface area contributed by atoms with E-state index in [9.17, 15) is 9.59 Å². The molecule has 2 atom stereocenters. The molecule has 0 spiro atoms. The third kappa shape index (κ3) is 2.54. The van der Waals surface area contributed by atoms with Gasteiger partial charge < -0.3 is 10.2 Å². The van der Waals surface area contributed by atoms with Gasteiger partial charge in [0.05, 0.1) is 0 Å². The van der Waals surface area contributed by atoms with Gasteiger partial charge in [-0.1, -0.05) is 27.7 Å². The third-order valence-corrected chi connectivity index (χ3v) is 3.20. The fourth-order valence-electron chi connectivity index (χ4n) is 2.05. The number of carbonyl (C=O) groups is 2. The van der Waals surface area contributed by atoms with Crippen molar-refractivity contribution in [3.05, 3.63) is 0 Å². The SMILES string of the molecule is CCC(C)C(=O)N1CCNC(=O)C1C(C)C. The van der Waals surface area contributed by atoms with Gasteiger partial charge in [-0.25, -0.2) is 0 Å². The highest BCUT2D eigenvalue weighted by molar-refractivity contribution is 5.89. The molecular formula is C12H22N2O2. The zero-order chi connectivity index (χ0) is 12.3. The van der Waals surface area contributed by atoms with Gasteiger partial charge in [-0.3, -0.25) is 9.59 Å². The van der Waals surface area contributed by atoms with Crippen molar-refractivity contribution >= 4 is 11.8 Å². The smallest absolute Gasteiger partial charge is 0.243 e.